The SMILES string of the molecule is O=C(NCCCC(=O)N1CSC[C@H]1C(=O)O)c1cccs1. The first-order valence-electron chi connectivity index (χ1n) is 6.51. The molecule has 6 nitrogen and oxygen atoms in total. The van der Waals surface area contributed by atoms with Crippen molar-refractivity contribution < 1.29 is 19.5 Å². The number of carbonyl (C=O) groups excluding carboxylic acids is 2. The first-order valence-corrected chi connectivity index (χ1v) is 8.54. The molecule has 2 N–H and O–H groups in total. The summed E-state index contributed by atoms with van der Waals surface area (Å²) in [7, 11) is 0. The van der Waals surface area contributed by atoms with Crippen LogP contribution in [-0.4, -0.2) is 52.0 Å². The van der Waals surface area contributed by atoms with E-state index in [9.17, 15) is 14.4 Å². The smallest absolute Gasteiger partial charge is 0.327 e. The van der Waals surface area contributed by atoms with Crippen LogP contribution in [0.4, 0.5) is 0 Å². The Kier molecular flexibility index (Phi) is 5.63. The minimum absolute atomic E-state index is 0.141. The van der Waals surface area contributed by atoms with Crippen LogP contribution in [0.3, 0.4) is 0 Å². The number of rotatable bonds is 6. The summed E-state index contributed by atoms with van der Waals surface area (Å²) in [5.41, 5.74) is 0. The number of nitrogens with one attached hydrogen (secondary N) is 1. The van der Waals surface area contributed by atoms with Crippen LogP contribution in [0.1, 0.15) is 22.5 Å². The van der Waals surface area contributed by atoms with Gasteiger partial charge < -0.3 is 15.3 Å². The van der Waals surface area contributed by atoms with Gasteiger partial charge >= 0.3 is 5.97 Å². The maximum atomic E-state index is 12.0. The lowest BCUT2D eigenvalue weighted by Crippen LogP contribution is -2.41. The van der Waals surface area contributed by atoms with Gasteiger partial charge in [0.15, 0.2) is 0 Å². The molecule has 2 amide bonds. The maximum Gasteiger partial charge on any atom is 0.327 e. The van der Waals surface area contributed by atoms with Gasteiger partial charge in [0.05, 0.1) is 10.8 Å². The van der Waals surface area contributed by atoms with E-state index in [1.165, 1.54) is 28.0 Å². The van der Waals surface area contributed by atoms with E-state index < -0.39 is 12.0 Å². The van der Waals surface area contributed by atoms with Gasteiger partial charge in [-0.2, -0.15) is 0 Å². The third-order valence-electron chi connectivity index (χ3n) is 3.09. The molecule has 2 rings (SSSR count). The Morgan fingerprint density at radius 2 is 2.24 bits per heavy atom. The second-order valence-corrected chi connectivity index (χ2v) is 6.50. The van der Waals surface area contributed by atoms with Crippen molar-refractivity contribution in [2.45, 2.75) is 18.9 Å². The second-order valence-electron chi connectivity index (χ2n) is 4.55. The Labute approximate surface area is 130 Å². The molecule has 8 heteroatoms. The molecule has 1 aromatic heterocycles. The Morgan fingerprint density at radius 3 is 2.90 bits per heavy atom. The van der Waals surface area contributed by atoms with E-state index in [0.717, 1.165) is 0 Å². The lowest BCUT2D eigenvalue weighted by atomic mass is 10.2. The molecule has 1 aliphatic rings. The van der Waals surface area contributed by atoms with Gasteiger partial charge in [0.1, 0.15) is 6.04 Å². The predicted molar refractivity (Wildman–Crippen MR) is 81.5 cm³/mol. The molecule has 0 aliphatic carbocycles. The monoisotopic (exact) mass is 328 g/mol. The number of aliphatic carboxylic acids is 1. The molecular formula is C13H16N2O4S2. The molecule has 1 aromatic rings. The molecule has 0 saturated carbocycles. The highest BCUT2D eigenvalue weighted by molar-refractivity contribution is 7.99. The van der Waals surface area contributed by atoms with Crippen LogP contribution in [0.5, 0.6) is 0 Å². The fourth-order valence-corrected chi connectivity index (χ4v) is 3.78. The average Bonchev–Trinajstić information content (AvgIpc) is 3.12. The quantitative estimate of drug-likeness (QED) is 0.767. The molecule has 0 aromatic carbocycles. The van der Waals surface area contributed by atoms with E-state index >= 15 is 0 Å². The van der Waals surface area contributed by atoms with Crippen LogP contribution < -0.4 is 5.32 Å². The zero-order valence-electron chi connectivity index (χ0n) is 11.3. The number of thioether (sulfide) groups is 1. The van der Waals surface area contributed by atoms with Gasteiger partial charge in [0.2, 0.25) is 5.91 Å². The van der Waals surface area contributed by atoms with Crippen molar-refractivity contribution in [3.63, 3.8) is 0 Å². The summed E-state index contributed by atoms with van der Waals surface area (Å²) in [6.45, 7) is 0.404. The molecular weight excluding hydrogens is 312 g/mol. The summed E-state index contributed by atoms with van der Waals surface area (Å²) >= 11 is 2.81. The minimum Gasteiger partial charge on any atom is -0.480 e. The molecule has 114 valence electrons. The van der Waals surface area contributed by atoms with E-state index in [1.807, 2.05) is 5.38 Å². The lowest BCUT2D eigenvalue weighted by Gasteiger charge is -2.20. The Hall–Kier alpha value is -1.54. The predicted octanol–water partition coefficient (Wildman–Crippen LogP) is 1.24. The highest BCUT2D eigenvalue weighted by Crippen LogP contribution is 2.22. The van der Waals surface area contributed by atoms with Crippen molar-refractivity contribution in [2.24, 2.45) is 0 Å². The van der Waals surface area contributed by atoms with E-state index in [4.69, 9.17) is 5.11 Å². The van der Waals surface area contributed by atoms with Gasteiger partial charge in [-0.3, -0.25) is 9.59 Å². The summed E-state index contributed by atoms with van der Waals surface area (Å²) in [5, 5.41) is 13.6. The summed E-state index contributed by atoms with van der Waals surface area (Å²) in [4.78, 5) is 36.7. The zero-order chi connectivity index (χ0) is 15.2. The van der Waals surface area contributed by atoms with Crippen LogP contribution in [0, 0.1) is 0 Å². The molecule has 0 bridgehead atoms. The number of thiophene rings is 1. The molecule has 1 fully saturated rings. The number of carboxylic acids is 1. The number of amides is 2. The van der Waals surface area contributed by atoms with Crippen LogP contribution in [0.15, 0.2) is 17.5 Å². The standard InChI is InChI=1S/C13H16N2O4S2/c16-11(15-8-20-7-9(15)13(18)19)4-1-5-14-12(17)10-3-2-6-21-10/h2-3,6,9H,1,4-5,7-8H2,(H,14,17)(H,18,19)/t9-/m0/s1. The molecule has 1 atom stereocenters. The second kappa shape index (κ2) is 7.46. The lowest BCUT2D eigenvalue weighted by molar-refractivity contribution is -0.147. The normalized spacial score (nSPS) is 17.7. The first-order chi connectivity index (χ1) is 10.1. The highest BCUT2D eigenvalue weighted by Gasteiger charge is 2.33. The van der Waals surface area contributed by atoms with E-state index in [2.05, 4.69) is 5.32 Å². The molecule has 0 spiro atoms. The van der Waals surface area contributed by atoms with E-state index in [-0.39, 0.29) is 18.2 Å². The summed E-state index contributed by atoms with van der Waals surface area (Å²) in [5.74, 6) is -0.400. The largest absolute Gasteiger partial charge is 0.480 e. The highest BCUT2D eigenvalue weighted by atomic mass is 32.2. The van der Waals surface area contributed by atoms with Crippen LogP contribution in [0.2, 0.25) is 0 Å². The van der Waals surface area contributed by atoms with Gasteiger partial charge in [-0.1, -0.05) is 6.07 Å². The molecule has 0 radical (unpaired) electrons. The van der Waals surface area contributed by atoms with Crippen LogP contribution in [0.25, 0.3) is 0 Å². The summed E-state index contributed by atoms with van der Waals surface area (Å²) in [6, 6.07) is 2.83. The Bertz CT molecular complexity index is 518. The fraction of sp³-hybridized carbons (Fsp3) is 0.462. The number of carbonyl (C=O) groups is 3. The van der Waals surface area contributed by atoms with Gasteiger partial charge in [-0.05, 0) is 17.9 Å². The third-order valence-corrected chi connectivity index (χ3v) is 4.97. The minimum atomic E-state index is -0.959. The van der Waals surface area contributed by atoms with Gasteiger partial charge in [-0.25, -0.2) is 4.79 Å². The maximum absolute atomic E-state index is 12.0. The molecule has 2 heterocycles. The van der Waals surface area contributed by atoms with Crippen molar-refractivity contribution in [2.75, 3.05) is 18.2 Å². The van der Waals surface area contributed by atoms with Gasteiger partial charge in [0.25, 0.3) is 5.91 Å². The van der Waals surface area contributed by atoms with Gasteiger partial charge in [0, 0.05) is 18.7 Å². The average molecular weight is 328 g/mol. The van der Waals surface area contributed by atoms with Gasteiger partial charge in [-0.15, -0.1) is 23.1 Å². The van der Waals surface area contributed by atoms with Crippen molar-refractivity contribution in [1.82, 2.24) is 10.2 Å². The van der Waals surface area contributed by atoms with E-state index in [1.54, 1.807) is 12.1 Å². The third kappa shape index (κ3) is 4.21. The van der Waals surface area contributed by atoms with Crippen LogP contribution >= 0.6 is 23.1 Å². The molecule has 21 heavy (non-hydrogen) atoms. The zero-order valence-corrected chi connectivity index (χ0v) is 12.9. The molecule has 0 unspecified atom stereocenters. The Balaban J connectivity index is 1.70. The van der Waals surface area contributed by atoms with Crippen molar-refractivity contribution in [1.29, 1.82) is 0 Å². The number of carboxylic acid groups (broad SMARTS) is 1. The fourth-order valence-electron chi connectivity index (χ4n) is 1.97. The summed E-state index contributed by atoms with van der Waals surface area (Å²) < 4.78 is 0. The topological polar surface area (TPSA) is 86.7 Å². The van der Waals surface area contributed by atoms with Crippen molar-refractivity contribution >= 4 is 40.9 Å². The molecule has 1 aliphatic heterocycles. The van der Waals surface area contributed by atoms with Crippen molar-refractivity contribution in [3.8, 4) is 0 Å². The van der Waals surface area contributed by atoms with Crippen LogP contribution in [-0.2, 0) is 9.59 Å². The first kappa shape index (κ1) is 15.8. The summed E-state index contributed by atoms with van der Waals surface area (Å²) in [6.07, 6.45) is 0.749. The number of nitrogens with zero attached hydrogens (tertiary/aromatic N) is 1. The van der Waals surface area contributed by atoms with E-state index in [0.29, 0.717) is 29.5 Å². The number of hydrogen-bond donors (Lipinski definition) is 2. The van der Waals surface area contributed by atoms with Crippen molar-refractivity contribution in [3.05, 3.63) is 22.4 Å². The Morgan fingerprint density at radius 1 is 1.43 bits per heavy atom. The molecule has 1 saturated heterocycles. The number of hydrogen-bond acceptors (Lipinski definition) is 5.